The lowest BCUT2D eigenvalue weighted by Crippen LogP contribution is -2.11. The first-order chi connectivity index (χ1) is 9.94. The maximum Gasteiger partial charge on any atom is 0.396 e. The van der Waals surface area contributed by atoms with E-state index in [-0.39, 0.29) is 5.76 Å². The SMILES string of the molecule is FC(F)(F)Cc1oc2ccc(Cl)cc2c1-c1ccccc1. The van der Waals surface area contributed by atoms with Gasteiger partial charge in [0.05, 0.1) is 0 Å². The van der Waals surface area contributed by atoms with Gasteiger partial charge in [0.15, 0.2) is 0 Å². The Labute approximate surface area is 123 Å². The van der Waals surface area contributed by atoms with Crippen molar-refractivity contribution in [3.05, 3.63) is 59.3 Å². The zero-order chi connectivity index (χ0) is 15.0. The number of benzene rings is 2. The minimum absolute atomic E-state index is 0.0917. The van der Waals surface area contributed by atoms with Crippen LogP contribution in [0.4, 0.5) is 13.2 Å². The Bertz CT molecular complexity index is 775. The second kappa shape index (κ2) is 5.11. The number of fused-ring (bicyclic) bond motifs is 1. The van der Waals surface area contributed by atoms with Gasteiger partial charge in [-0.05, 0) is 23.8 Å². The molecule has 1 heterocycles. The quantitative estimate of drug-likeness (QED) is 0.578. The Kier molecular flexibility index (Phi) is 3.41. The van der Waals surface area contributed by atoms with Crippen LogP contribution in [-0.2, 0) is 6.42 Å². The molecule has 3 aromatic rings. The van der Waals surface area contributed by atoms with Gasteiger partial charge in [-0.25, -0.2) is 0 Å². The molecular formula is C16H10ClF3O. The fraction of sp³-hybridized carbons (Fsp3) is 0.125. The zero-order valence-corrected chi connectivity index (χ0v) is 11.5. The molecule has 0 radical (unpaired) electrons. The number of alkyl halides is 3. The molecule has 0 atom stereocenters. The summed E-state index contributed by atoms with van der Waals surface area (Å²) in [5.41, 5.74) is 1.53. The summed E-state index contributed by atoms with van der Waals surface area (Å²) in [6, 6.07) is 13.7. The van der Waals surface area contributed by atoms with Gasteiger partial charge >= 0.3 is 6.18 Å². The molecule has 0 spiro atoms. The minimum atomic E-state index is -4.33. The first kappa shape index (κ1) is 14.0. The van der Waals surface area contributed by atoms with Crippen molar-refractivity contribution in [3.8, 4) is 11.1 Å². The van der Waals surface area contributed by atoms with Crippen LogP contribution in [-0.4, -0.2) is 6.18 Å². The van der Waals surface area contributed by atoms with Gasteiger partial charge in [-0.2, -0.15) is 13.2 Å². The van der Waals surface area contributed by atoms with Crippen LogP contribution in [0.1, 0.15) is 5.76 Å². The molecule has 0 saturated carbocycles. The van der Waals surface area contributed by atoms with Crippen LogP contribution in [0.2, 0.25) is 5.02 Å². The van der Waals surface area contributed by atoms with Gasteiger partial charge in [0.25, 0.3) is 0 Å². The van der Waals surface area contributed by atoms with E-state index in [1.54, 1.807) is 42.5 Å². The van der Waals surface area contributed by atoms with Crippen molar-refractivity contribution >= 4 is 22.6 Å². The van der Waals surface area contributed by atoms with Gasteiger partial charge in [-0.15, -0.1) is 0 Å². The Hall–Kier alpha value is -1.94. The highest BCUT2D eigenvalue weighted by Gasteiger charge is 2.32. The van der Waals surface area contributed by atoms with Crippen LogP contribution in [0.5, 0.6) is 0 Å². The Morgan fingerprint density at radius 3 is 2.38 bits per heavy atom. The molecule has 0 N–H and O–H groups in total. The Balaban J connectivity index is 2.27. The van der Waals surface area contributed by atoms with E-state index < -0.39 is 12.6 Å². The molecule has 0 fully saturated rings. The molecule has 5 heteroatoms. The summed E-state index contributed by atoms with van der Waals surface area (Å²) in [7, 11) is 0. The van der Waals surface area contributed by atoms with Crippen molar-refractivity contribution in [2.75, 3.05) is 0 Å². The molecule has 2 aromatic carbocycles. The number of hydrogen-bond acceptors (Lipinski definition) is 1. The van der Waals surface area contributed by atoms with Gasteiger partial charge in [0.2, 0.25) is 0 Å². The van der Waals surface area contributed by atoms with Gasteiger partial charge in [0, 0.05) is 16.0 Å². The summed E-state index contributed by atoms with van der Waals surface area (Å²) in [5, 5.41) is 1.05. The summed E-state index contributed by atoms with van der Waals surface area (Å²) in [6.07, 6.45) is -5.44. The normalized spacial score (nSPS) is 12.0. The van der Waals surface area contributed by atoms with Crippen molar-refractivity contribution in [1.82, 2.24) is 0 Å². The number of rotatable bonds is 2. The first-order valence-corrected chi connectivity index (χ1v) is 6.65. The summed E-state index contributed by atoms with van der Waals surface area (Å²) >= 11 is 5.96. The van der Waals surface area contributed by atoms with Gasteiger partial charge in [0.1, 0.15) is 17.8 Å². The van der Waals surface area contributed by atoms with Gasteiger partial charge in [-0.1, -0.05) is 41.9 Å². The van der Waals surface area contributed by atoms with Crippen LogP contribution in [0.15, 0.2) is 52.9 Å². The molecule has 108 valence electrons. The van der Waals surface area contributed by atoms with Crippen molar-refractivity contribution in [3.63, 3.8) is 0 Å². The highest BCUT2D eigenvalue weighted by Crippen LogP contribution is 2.38. The molecule has 0 amide bonds. The van der Waals surface area contributed by atoms with Crippen LogP contribution >= 0.6 is 11.6 Å². The summed E-state index contributed by atoms with van der Waals surface area (Å²) in [5.74, 6) is -0.0917. The van der Waals surface area contributed by atoms with Crippen LogP contribution < -0.4 is 0 Å². The maximum atomic E-state index is 12.8. The monoisotopic (exact) mass is 310 g/mol. The standard InChI is InChI=1S/C16H10ClF3O/c17-11-6-7-13-12(8-11)15(10-4-2-1-3-5-10)14(21-13)9-16(18,19)20/h1-8H,9H2. The van der Waals surface area contributed by atoms with E-state index >= 15 is 0 Å². The molecule has 3 rings (SSSR count). The lowest BCUT2D eigenvalue weighted by Gasteiger charge is -2.06. The first-order valence-electron chi connectivity index (χ1n) is 6.27. The molecule has 0 aliphatic carbocycles. The smallest absolute Gasteiger partial charge is 0.396 e. The lowest BCUT2D eigenvalue weighted by molar-refractivity contribution is -0.129. The lowest BCUT2D eigenvalue weighted by atomic mass is 10.0. The van der Waals surface area contributed by atoms with Crippen molar-refractivity contribution in [2.45, 2.75) is 12.6 Å². The third-order valence-corrected chi connectivity index (χ3v) is 3.38. The average molecular weight is 311 g/mol. The van der Waals surface area contributed by atoms with Gasteiger partial charge < -0.3 is 4.42 Å². The molecule has 0 bridgehead atoms. The number of furan rings is 1. The molecule has 0 unspecified atom stereocenters. The second-order valence-corrected chi connectivity index (χ2v) is 5.14. The summed E-state index contributed by atoms with van der Waals surface area (Å²) in [4.78, 5) is 0. The van der Waals surface area contributed by atoms with Crippen LogP contribution in [0.25, 0.3) is 22.1 Å². The highest BCUT2D eigenvalue weighted by molar-refractivity contribution is 6.31. The molecule has 0 aliphatic heterocycles. The van der Waals surface area contributed by atoms with Crippen LogP contribution in [0, 0.1) is 0 Å². The third kappa shape index (κ3) is 2.90. The van der Waals surface area contributed by atoms with E-state index in [0.29, 0.717) is 27.1 Å². The van der Waals surface area contributed by atoms with E-state index in [2.05, 4.69) is 0 Å². The van der Waals surface area contributed by atoms with Crippen molar-refractivity contribution < 1.29 is 17.6 Å². The second-order valence-electron chi connectivity index (χ2n) is 4.70. The molecule has 0 saturated heterocycles. The van der Waals surface area contributed by atoms with E-state index in [1.807, 2.05) is 6.07 Å². The number of halogens is 4. The third-order valence-electron chi connectivity index (χ3n) is 3.15. The highest BCUT2D eigenvalue weighted by atomic mass is 35.5. The van der Waals surface area contributed by atoms with E-state index in [9.17, 15) is 13.2 Å². The molecule has 1 nitrogen and oxygen atoms in total. The molecule has 21 heavy (non-hydrogen) atoms. The van der Waals surface area contributed by atoms with Crippen molar-refractivity contribution in [2.24, 2.45) is 0 Å². The van der Waals surface area contributed by atoms with E-state index in [1.165, 1.54) is 0 Å². The minimum Gasteiger partial charge on any atom is -0.460 e. The fourth-order valence-electron chi connectivity index (χ4n) is 2.35. The van der Waals surface area contributed by atoms with E-state index in [4.69, 9.17) is 16.0 Å². The maximum absolute atomic E-state index is 12.8. The predicted octanol–water partition coefficient (Wildman–Crippen LogP) is 5.86. The average Bonchev–Trinajstić information content (AvgIpc) is 2.74. The van der Waals surface area contributed by atoms with Gasteiger partial charge in [-0.3, -0.25) is 0 Å². The number of hydrogen-bond donors (Lipinski definition) is 0. The summed E-state index contributed by atoms with van der Waals surface area (Å²) < 4.78 is 43.7. The van der Waals surface area contributed by atoms with E-state index in [0.717, 1.165) is 0 Å². The molecular weight excluding hydrogens is 301 g/mol. The predicted molar refractivity (Wildman–Crippen MR) is 76.4 cm³/mol. The topological polar surface area (TPSA) is 13.1 Å². The Morgan fingerprint density at radius 1 is 1.00 bits per heavy atom. The Morgan fingerprint density at radius 2 is 1.71 bits per heavy atom. The fourth-order valence-corrected chi connectivity index (χ4v) is 2.52. The molecule has 1 aromatic heterocycles. The summed E-state index contributed by atoms with van der Waals surface area (Å²) in [6.45, 7) is 0. The molecule has 0 aliphatic rings. The zero-order valence-electron chi connectivity index (χ0n) is 10.7. The largest absolute Gasteiger partial charge is 0.460 e. The van der Waals surface area contributed by atoms with Crippen LogP contribution in [0.3, 0.4) is 0 Å². The van der Waals surface area contributed by atoms with Crippen molar-refractivity contribution in [1.29, 1.82) is 0 Å².